The van der Waals surface area contributed by atoms with Crippen molar-refractivity contribution in [2.75, 3.05) is 24.8 Å². The molecule has 33 heavy (non-hydrogen) atoms. The van der Waals surface area contributed by atoms with Gasteiger partial charge in [0.1, 0.15) is 5.69 Å². The molecule has 11 heteroatoms. The lowest BCUT2D eigenvalue weighted by Crippen LogP contribution is -2.22. The van der Waals surface area contributed by atoms with Gasteiger partial charge in [-0.05, 0) is 37.0 Å². The van der Waals surface area contributed by atoms with Crippen molar-refractivity contribution in [3.63, 3.8) is 0 Å². The number of ether oxygens (including phenoxy) is 1. The van der Waals surface area contributed by atoms with E-state index in [9.17, 15) is 9.59 Å². The van der Waals surface area contributed by atoms with Crippen LogP contribution in [0.15, 0.2) is 24.4 Å². The zero-order valence-electron chi connectivity index (χ0n) is 19.0. The molecule has 0 unspecified atom stereocenters. The van der Waals surface area contributed by atoms with Crippen molar-refractivity contribution < 1.29 is 14.3 Å². The van der Waals surface area contributed by atoms with E-state index in [-0.39, 0.29) is 23.3 Å². The first-order chi connectivity index (χ1) is 15.9. The van der Waals surface area contributed by atoms with Gasteiger partial charge in [0.05, 0.1) is 24.7 Å². The Morgan fingerprint density at radius 1 is 1.18 bits per heavy atom. The number of aromatic nitrogens is 5. The second-order valence-corrected chi connectivity index (χ2v) is 7.76. The summed E-state index contributed by atoms with van der Waals surface area (Å²) in [5.74, 6) is 0.304. The van der Waals surface area contributed by atoms with Crippen molar-refractivity contribution in [2.45, 2.75) is 26.2 Å². The number of nitrogens with zero attached hydrogens (tertiary/aromatic N) is 5. The van der Waals surface area contributed by atoms with E-state index in [4.69, 9.17) is 4.74 Å². The number of hydrogen-bond acceptors (Lipinski definition) is 8. The molecule has 1 aromatic carbocycles. The molecule has 3 aromatic rings. The van der Waals surface area contributed by atoms with E-state index in [1.807, 2.05) is 19.1 Å². The van der Waals surface area contributed by atoms with E-state index in [2.05, 4.69) is 36.3 Å². The average molecular weight is 451 g/mol. The van der Waals surface area contributed by atoms with Crippen molar-refractivity contribution in [1.82, 2.24) is 30.5 Å². The maximum absolute atomic E-state index is 12.5. The number of rotatable bonds is 8. The van der Waals surface area contributed by atoms with Crippen molar-refractivity contribution in [3.05, 3.63) is 35.7 Å². The summed E-state index contributed by atoms with van der Waals surface area (Å²) < 4.78 is 5.73. The predicted octanol–water partition coefficient (Wildman–Crippen LogP) is 2.29. The van der Waals surface area contributed by atoms with Crippen molar-refractivity contribution in [3.8, 4) is 17.0 Å². The molecule has 0 atom stereocenters. The lowest BCUT2D eigenvalue weighted by atomic mass is 10.0. The van der Waals surface area contributed by atoms with Crippen LogP contribution in [-0.2, 0) is 18.3 Å². The molecule has 0 saturated heterocycles. The summed E-state index contributed by atoms with van der Waals surface area (Å²) in [6.07, 6.45) is 4.17. The minimum atomic E-state index is -0.412. The third-order valence-electron chi connectivity index (χ3n) is 5.34. The lowest BCUT2D eigenvalue weighted by molar-refractivity contribution is -0.117. The number of carbonyl (C=O) groups is 2. The summed E-state index contributed by atoms with van der Waals surface area (Å²) in [6, 6.07) is 5.53. The smallest absolute Gasteiger partial charge is 0.273 e. The van der Waals surface area contributed by atoms with Gasteiger partial charge in [-0.3, -0.25) is 9.59 Å². The fourth-order valence-corrected chi connectivity index (χ4v) is 3.42. The first-order valence-corrected chi connectivity index (χ1v) is 10.7. The van der Waals surface area contributed by atoms with Crippen LogP contribution in [0.1, 0.15) is 35.8 Å². The largest absolute Gasteiger partial charge is 0.494 e. The summed E-state index contributed by atoms with van der Waals surface area (Å²) in [5.41, 5.74) is 3.54. The third kappa shape index (κ3) is 4.76. The molecule has 11 nitrogen and oxygen atoms in total. The molecule has 0 spiro atoms. The van der Waals surface area contributed by atoms with Crippen LogP contribution in [0.3, 0.4) is 0 Å². The number of amides is 2. The van der Waals surface area contributed by atoms with Crippen LogP contribution in [0.25, 0.3) is 11.3 Å². The van der Waals surface area contributed by atoms with Gasteiger partial charge < -0.3 is 20.7 Å². The molecular weight excluding hydrogens is 424 g/mol. The van der Waals surface area contributed by atoms with E-state index >= 15 is 0 Å². The monoisotopic (exact) mass is 450 g/mol. The van der Waals surface area contributed by atoms with Gasteiger partial charge in [-0.1, -0.05) is 6.92 Å². The van der Waals surface area contributed by atoms with Crippen LogP contribution in [0, 0.1) is 5.92 Å². The molecule has 0 aliphatic heterocycles. The molecule has 2 heterocycles. The Hall–Kier alpha value is -4.02. The molecule has 172 valence electrons. The Balaban J connectivity index is 1.77. The Morgan fingerprint density at radius 3 is 2.58 bits per heavy atom. The molecule has 0 radical (unpaired) electrons. The number of aryl methyl sites for hydroxylation is 2. The quantitative estimate of drug-likeness (QED) is 0.476. The number of anilines is 3. The Bertz CT molecular complexity index is 1200. The number of benzene rings is 1. The SMILES string of the molecule is CCc1cc(Nc2cc(NC(=O)C3CC3)nnc2C(=O)NC)c(OC)c(-c2cnn(C)n2)c1. The summed E-state index contributed by atoms with van der Waals surface area (Å²) in [5, 5.41) is 25.2. The number of nitrogens with one attached hydrogen (secondary N) is 3. The van der Waals surface area contributed by atoms with E-state index in [1.54, 1.807) is 26.4 Å². The second-order valence-electron chi connectivity index (χ2n) is 7.76. The number of methoxy groups -OCH3 is 1. The van der Waals surface area contributed by atoms with E-state index in [1.165, 1.54) is 11.8 Å². The van der Waals surface area contributed by atoms with Gasteiger partial charge in [-0.2, -0.15) is 15.0 Å². The lowest BCUT2D eigenvalue weighted by Gasteiger charge is -2.18. The fourth-order valence-electron chi connectivity index (χ4n) is 3.42. The molecule has 0 bridgehead atoms. The van der Waals surface area contributed by atoms with Crippen LogP contribution >= 0.6 is 0 Å². The highest BCUT2D eigenvalue weighted by Crippen LogP contribution is 2.39. The zero-order chi connectivity index (χ0) is 23.5. The summed E-state index contributed by atoms with van der Waals surface area (Å²) in [6.45, 7) is 2.04. The topological polar surface area (TPSA) is 136 Å². The normalized spacial score (nSPS) is 12.8. The molecule has 2 amide bonds. The maximum atomic E-state index is 12.5. The van der Waals surface area contributed by atoms with Crippen LogP contribution < -0.4 is 20.7 Å². The van der Waals surface area contributed by atoms with Crippen LogP contribution in [-0.4, -0.2) is 51.2 Å². The number of hydrogen-bond donors (Lipinski definition) is 3. The Morgan fingerprint density at radius 2 is 1.97 bits per heavy atom. The number of carbonyl (C=O) groups excluding carboxylic acids is 2. The van der Waals surface area contributed by atoms with Crippen LogP contribution in [0.5, 0.6) is 5.75 Å². The maximum Gasteiger partial charge on any atom is 0.273 e. The minimum Gasteiger partial charge on any atom is -0.494 e. The van der Waals surface area contributed by atoms with Gasteiger partial charge in [0.15, 0.2) is 17.3 Å². The molecule has 1 aliphatic carbocycles. The zero-order valence-corrected chi connectivity index (χ0v) is 19.0. The molecule has 1 fully saturated rings. The van der Waals surface area contributed by atoms with E-state index in [0.29, 0.717) is 22.8 Å². The van der Waals surface area contributed by atoms with E-state index in [0.717, 1.165) is 30.4 Å². The van der Waals surface area contributed by atoms with Gasteiger partial charge in [0, 0.05) is 31.6 Å². The second kappa shape index (κ2) is 9.23. The predicted molar refractivity (Wildman–Crippen MR) is 122 cm³/mol. The van der Waals surface area contributed by atoms with Crippen molar-refractivity contribution in [1.29, 1.82) is 0 Å². The first kappa shape index (κ1) is 22.2. The molecule has 3 N–H and O–H groups in total. The third-order valence-corrected chi connectivity index (χ3v) is 5.34. The summed E-state index contributed by atoms with van der Waals surface area (Å²) >= 11 is 0. The highest BCUT2D eigenvalue weighted by molar-refractivity contribution is 6.00. The summed E-state index contributed by atoms with van der Waals surface area (Å²) in [4.78, 5) is 26.1. The van der Waals surface area contributed by atoms with Crippen molar-refractivity contribution >= 4 is 29.0 Å². The highest BCUT2D eigenvalue weighted by Gasteiger charge is 2.30. The van der Waals surface area contributed by atoms with Gasteiger partial charge in [-0.15, -0.1) is 10.2 Å². The van der Waals surface area contributed by atoms with Crippen molar-refractivity contribution in [2.24, 2.45) is 13.0 Å². The summed E-state index contributed by atoms with van der Waals surface area (Å²) in [7, 11) is 4.83. The van der Waals surface area contributed by atoms with Gasteiger partial charge in [0.25, 0.3) is 5.91 Å². The Labute approximate surface area is 190 Å². The van der Waals surface area contributed by atoms with E-state index < -0.39 is 5.91 Å². The minimum absolute atomic E-state index is 0.0118. The van der Waals surface area contributed by atoms with Crippen LogP contribution in [0.4, 0.5) is 17.2 Å². The molecular formula is C22H26N8O3. The molecule has 4 rings (SSSR count). The average Bonchev–Trinajstić information content (AvgIpc) is 3.59. The van der Waals surface area contributed by atoms with Crippen LogP contribution in [0.2, 0.25) is 0 Å². The molecule has 1 aliphatic rings. The standard InChI is InChI=1S/C22H26N8O3/c1-5-12-8-14(17-11-24-30(3)29-17)20(33-4)16(9-12)25-15-10-18(26-21(31)13-6-7-13)27-28-19(15)22(32)23-2/h8-11,13H,5-7H2,1-4H3,(H,23,32)(H2,25,26,27,31). The molecule has 2 aromatic heterocycles. The van der Waals surface area contributed by atoms with Gasteiger partial charge >= 0.3 is 0 Å². The molecule has 1 saturated carbocycles. The Kier molecular flexibility index (Phi) is 6.20. The highest BCUT2D eigenvalue weighted by atomic mass is 16.5. The van der Waals surface area contributed by atoms with Gasteiger partial charge in [0.2, 0.25) is 5.91 Å². The first-order valence-electron chi connectivity index (χ1n) is 10.7. The fraction of sp³-hybridized carbons (Fsp3) is 0.364. The van der Waals surface area contributed by atoms with Gasteiger partial charge in [-0.25, -0.2) is 0 Å².